The summed E-state index contributed by atoms with van der Waals surface area (Å²) in [5.41, 5.74) is 2.00. The molecular formula is C22H25N3O4S. The van der Waals surface area contributed by atoms with E-state index in [1.807, 2.05) is 5.38 Å². The molecule has 1 aromatic carbocycles. The van der Waals surface area contributed by atoms with Crippen LogP contribution in [0, 0.1) is 0 Å². The normalized spacial score (nSPS) is 17.6. The summed E-state index contributed by atoms with van der Waals surface area (Å²) in [5, 5.41) is 5.29. The van der Waals surface area contributed by atoms with Crippen LogP contribution >= 0.6 is 11.3 Å². The molecule has 7 nitrogen and oxygen atoms in total. The van der Waals surface area contributed by atoms with Crippen molar-refractivity contribution in [1.29, 1.82) is 0 Å². The van der Waals surface area contributed by atoms with Gasteiger partial charge in [0, 0.05) is 29.7 Å². The third kappa shape index (κ3) is 4.38. The summed E-state index contributed by atoms with van der Waals surface area (Å²) < 4.78 is 5.54. The van der Waals surface area contributed by atoms with Crippen molar-refractivity contribution in [2.45, 2.75) is 64.0 Å². The topological polar surface area (TPSA) is 88.6 Å². The predicted octanol–water partition coefficient (Wildman–Crippen LogP) is 3.94. The maximum Gasteiger partial charge on any atom is 0.338 e. The molecule has 8 heteroatoms. The van der Waals surface area contributed by atoms with Gasteiger partial charge in [-0.25, -0.2) is 9.78 Å². The number of nitrogens with one attached hydrogen (secondary N) is 1. The van der Waals surface area contributed by atoms with Crippen LogP contribution in [0.3, 0.4) is 0 Å². The number of fused-ring (bicyclic) bond motifs is 1. The number of carbonyl (C=O) groups is 3. The summed E-state index contributed by atoms with van der Waals surface area (Å²) in [6.45, 7) is 1.61. The second-order valence-electron chi connectivity index (χ2n) is 7.78. The minimum absolute atomic E-state index is 0.0259. The first-order valence-corrected chi connectivity index (χ1v) is 11.3. The van der Waals surface area contributed by atoms with Gasteiger partial charge in [0.05, 0.1) is 5.56 Å². The number of rotatable bonds is 5. The average molecular weight is 428 g/mol. The fourth-order valence-corrected chi connectivity index (χ4v) is 4.81. The van der Waals surface area contributed by atoms with E-state index in [4.69, 9.17) is 4.74 Å². The van der Waals surface area contributed by atoms with Crippen LogP contribution in [0.4, 0.5) is 10.8 Å². The van der Waals surface area contributed by atoms with Crippen LogP contribution in [0.2, 0.25) is 0 Å². The van der Waals surface area contributed by atoms with Crippen LogP contribution in [0.1, 0.15) is 61.4 Å². The number of anilines is 2. The smallest absolute Gasteiger partial charge is 0.338 e. The number of aryl methyl sites for hydroxylation is 1. The molecular weight excluding hydrogens is 402 g/mol. The van der Waals surface area contributed by atoms with Crippen molar-refractivity contribution in [3.8, 4) is 0 Å². The highest BCUT2D eigenvalue weighted by Crippen LogP contribution is 2.30. The van der Waals surface area contributed by atoms with Gasteiger partial charge < -0.3 is 10.1 Å². The summed E-state index contributed by atoms with van der Waals surface area (Å²) in [7, 11) is 0. The molecule has 0 saturated heterocycles. The number of hydrogen-bond acceptors (Lipinski definition) is 6. The number of hydrogen-bond donors (Lipinski definition) is 1. The molecule has 1 N–H and O–H groups in total. The van der Waals surface area contributed by atoms with Crippen LogP contribution < -0.4 is 10.2 Å². The first kappa shape index (κ1) is 20.5. The minimum Gasteiger partial charge on any atom is -0.449 e. The number of ether oxygens (including phenoxy) is 1. The van der Waals surface area contributed by atoms with E-state index in [1.165, 1.54) is 17.8 Å². The zero-order valence-electron chi connectivity index (χ0n) is 16.9. The van der Waals surface area contributed by atoms with Crippen LogP contribution in [-0.4, -0.2) is 34.9 Å². The molecule has 2 aromatic rings. The van der Waals surface area contributed by atoms with Crippen molar-refractivity contribution in [3.05, 3.63) is 40.9 Å². The number of nitrogens with zero attached hydrogens (tertiary/aromatic N) is 2. The van der Waals surface area contributed by atoms with E-state index in [2.05, 4.69) is 10.3 Å². The average Bonchev–Trinajstić information content (AvgIpc) is 3.28. The Hall–Kier alpha value is -2.74. The Bertz CT molecular complexity index is 938. The maximum atomic E-state index is 13.2. The van der Waals surface area contributed by atoms with Crippen molar-refractivity contribution in [1.82, 2.24) is 4.98 Å². The van der Waals surface area contributed by atoms with Crippen LogP contribution in [-0.2, 0) is 20.7 Å². The van der Waals surface area contributed by atoms with Crippen LogP contribution in [0.25, 0.3) is 0 Å². The van der Waals surface area contributed by atoms with Gasteiger partial charge in [-0.05, 0) is 49.9 Å². The van der Waals surface area contributed by atoms with Crippen molar-refractivity contribution in [2.75, 3.05) is 10.2 Å². The molecule has 1 atom stereocenters. The van der Waals surface area contributed by atoms with Crippen molar-refractivity contribution >= 4 is 39.9 Å². The van der Waals surface area contributed by atoms with Gasteiger partial charge in [-0.3, -0.25) is 14.5 Å². The van der Waals surface area contributed by atoms with Crippen molar-refractivity contribution in [3.63, 3.8) is 0 Å². The van der Waals surface area contributed by atoms with E-state index in [-0.39, 0.29) is 17.9 Å². The van der Waals surface area contributed by atoms with Gasteiger partial charge in [-0.2, -0.15) is 0 Å². The molecule has 0 spiro atoms. The summed E-state index contributed by atoms with van der Waals surface area (Å²) in [6.07, 6.45) is 6.95. The Kier molecular flexibility index (Phi) is 6.13. The summed E-state index contributed by atoms with van der Waals surface area (Å²) in [4.78, 5) is 43.5. The van der Waals surface area contributed by atoms with E-state index in [0.29, 0.717) is 23.5 Å². The number of thiazole rings is 1. The van der Waals surface area contributed by atoms with E-state index in [9.17, 15) is 14.4 Å². The molecule has 158 valence electrons. The minimum atomic E-state index is -0.918. The lowest BCUT2D eigenvalue weighted by Crippen LogP contribution is -2.47. The lowest BCUT2D eigenvalue weighted by molar-refractivity contribution is -0.127. The highest BCUT2D eigenvalue weighted by atomic mass is 32.1. The molecule has 1 fully saturated rings. The largest absolute Gasteiger partial charge is 0.449 e. The Morgan fingerprint density at radius 1 is 1.23 bits per heavy atom. The third-order valence-electron chi connectivity index (χ3n) is 5.67. The Balaban J connectivity index is 1.47. The Labute approximate surface area is 179 Å². The maximum absolute atomic E-state index is 13.2. The second kappa shape index (κ2) is 8.95. The number of aromatic nitrogens is 1. The molecule has 2 aliphatic rings. The molecule has 2 heterocycles. The first-order valence-electron chi connectivity index (χ1n) is 10.4. The number of esters is 1. The van der Waals surface area contributed by atoms with Gasteiger partial charge in [0.2, 0.25) is 5.91 Å². The van der Waals surface area contributed by atoms with E-state index >= 15 is 0 Å². The van der Waals surface area contributed by atoms with Gasteiger partial charge in [0.15, 0.2) is 11.2 Å². The number of benzene rings is 1. The van der Waals surface area contributed by atoms with Crippen molar-refractivity contribution < 1.29 is 19.1 Å². The lowest BCUT2D eigenvalue weighted by atomic mass is 9.94. The highest BCUT2D eigenvalue weighted by Gasteiger charge is 2.33. The molecule has 1 aliphatic heterocycles. The van der Waals surface area contributed by atoms with E-state index < -0.39 is 12.1 Å². The van der Waals surface area contributed by atoms with Crippen LogP contribution in [0.5, 0.6) is 0 Å². The molecule has 30 heavy (non-hydrogen) atoms. The molecule has 2 amide bonds. The first-order chi connectivity index (χ1) is 14.5. The fraction of sp³-hybridized carbons (Fsp3) is 0.455. The van der Waals surface area contributed by atoms with Crippen LogP contribution in [0.15, 0.2) is 29.8 Å². The number of carbonyl (C=O) groups excluding carboxylic acids is 3. The molecule has 1 aliphatic carbocycles. The summed E-state index contributed by atoms with van der Waals surface area (Å²) in [5.74, 6) is -0.809. The second-order valence-corrected chi connectivity index (χ2v) is 8.66. The summed E-state index contributed by atoms with van der Waals surface area (Å²) in [6, 6.07) is 5.14. The van der Waals surface area contributed by atoms with Gasteiger partial charge in [0.1, 0.15) is 0 Å². The van der Waals surface area contributed by atoms with Gasteiger partial charge >= 0.3 is 5.97 Å². The van der Waals surface area contributed by atoms with E-state index in [0.717, 1.165) is 36.9 Å². The quantitative estimate of drug-likeness (QED) is 0.730. The van der Waals surface area contributed by atoms with Gasteiger partial charge in [-0.15, -0.1) is 11.3 Å². The fourth-order valence-electron chi connectivity index (χ4n) is 4.09. The monoisotopic (exact) mass is 427 g/mol. The SMILES string of the molecule is C[C@@H](OC(=O)c1ccc2c(c1)CCC(=O)N2)C(=O)N(c1nccs1)C1CCCCC1. The molecule has 0 unspecified atom stereocenters. The zero-order valence-corrected chi connectivity index (χ0v) is 17.7. The standard InChI is InChI=1S/C22H25N3O4S/c1-14(20(27)25(22-23-11-12-30-22)17-5-3-2-4-6-17)29-21(28)16-7-9-18-15(13-16)8-10-19(26)24-18/h7,9,11-14,17H,2-6,8,10H2,1H3,(H,24,26)/t14-/m1/s1. The van der Waals surface area contributed by atoms with E-state index in [1.54, 1.807) is 36.2 Å². The summed E-state index contributed by atoms with van der Waals surface area (Å²) >= 11 is 1.42. The third-order valence-corrected chi connectivity index (χ3v) is 6.44. The molecule has 0 bridgehead atoms. The lowest BCUT2D eigenvalue weighted by Gasteiger charge is -2.33. The van der Waals surface area contributed by atoms with Crippen molar-refractivity contribution in [2.24, 2.45) is 0 Å². The van der Waals surface area contributed by atoms with Gasteiger partial charge in [-0.1, -0.05) is 19.3 Å². The Morgan fingerprint density at radius 2 is 2.03 bits per heavy atom. The zero-order chi connectivity index (χ0) is 21.1. The number of amides is 2. The molecule has 4 rings (SSSR count). The Morgan fingerprint density at radius 3 is 2.77 bits per heavy atom. The molecule has 1 saturated carbocycles. The predicted molar refractivity (Wildman–Crippen MR) is 115 cm³/mol. The molecule has 1 aromatic heterocycles. The molecule has 0 radical (unpaired) electrons. The van der Waals surface area contributed by atoms with Gasteiger partial charge in [0.25, 0.3) is 5.91 Å². The highest BCUT2D eigenvalue weighted by molar-refractivity contribution is 7.13.